The monoisotopic (exact) mass is 203 g/mol. The van der Waals surface area contributed by atoms with E-state index >= 15 is 0 Å². The number of amides is 1. The average molecular weight is 203 g/mol. The first-order valence-corrected chi connectivity index (χ1v) is 5.93. The zero-order valence-electron chi connectivity index (χ0n) is 8.21. The summed E-state index contributed by atoms with van der Waals surface area (Å²) in [6.07, 6.45) is 4.05. The second-order valence-electron chi connectivity index (χ2n) is 3.30. The van der Waals surface area contributed by atoms with Gasteiger partial charge in [-0.25, -0.2) is 0 Å². The highest BCUT2D eigenvalue weighted by molar-refractivity contribution is 7.99. The Balaban J connectivity index is 2.26. The Hall–Kier alpha value is -0.220. The Bertz CT molecular complexity index is 169. The highest BCUT2D eigenvalue weighted by atomic mass is 32.2. The van der Waals surface area contributed by atoms with Crippen LogP contribution in [0, 0.1) is 0 Å². The van der Waals surface area contributed by atoms with Crippen LogP contribution in [0.1, 0.15) is 19.8 Å². The van der Waals surface area contributed by atoms with Gasteiger partial charge in [0.2, 0.25) is 5.91 Å². The van der Waals surface area contributed by atoms with Gasteiger partial charge in [-0.1, -0.05) is 0 Å². The molecule has 0 saturated carbocycles. The van der Waals surface area contributed by atoms with E-state index in [1.165, 1.54) is 0 Å². The van der Waals surface area contributed by atoms with Crippen LogP contribution in [0.25, 0.3) is 0 Å². The van der Waals surface area contributed by atoms with Crippen molar-refractivity contribution in [2.45, 2.75) is 31.1 Å². The zero-order valence-corrected chi connectivity index (χ0v) is 9.02. The molecule has 1 heterocycles. The minimum atomic E-state index is 0.0435. The van der Waals surface area contributed by atoms with Crippen LogP contribution < -0.4 is 5.32 Å². The number of thioether (sulfide) groups is 1. The molecule has 1 unspecified atom stereocenters. The molecule has 0 aromatic heterocycles. The Morgan fingerprint density at radius 1 is 1.69 bits per heavy atom. The molecule has 1 fully saturated rings. The molecule has 2 atom stereocenters. The van der Waals surface area contributed by atoms with Crippen molar-refractivity contribution in [3.05, 3.63) is 0 Å². The number of hydrogen-bond donors (Lipinski definition) is 1. The van der Waals surface area contributed by atoms with E-state index in [1.54, 1.807) is 11.8 Å². The van der Waals surface area contributed by atoms with Gasteiger partial charge in [0, 0.05) is 6.61 Å². The van der Waals surface area contributed by atoms with Crippen LogP contribution in [0.3, 0.4) is 0 Å². The van der Waals surface area contributed by atoms with Gasteiger partial charge >= 0.3 is 0 Å². The third-order valence-electron chi connectivity index (χ3n) is 2.23. The maximum absolute atomic E-state index is 11.5. The Labute approximate surface area is 83.6 Å². The highest BCUT2D eigenvalue weighted by Gasteiger charge is 2.18. The number of carbonyl (C=O) groups is 1. The first-order valence-electron chi connectivity index (χ1n) is 4.65. The molecule has 0 aliphatic carbocycles. The topological polar surface area (TPSA) is 38.3 Å². The Kier molecular flexibility index (Phi) is 4.59. The maximum atomic E-state index is 11.5. The second-order valence-corrected chi connectivity index (χ2v) is 4.48. The molecule has 1 aliphatic heterocycles. The predicted molar refractivity (Wildman–Crippen MR) is 55.0 cm³/mol. The predicted octanol–water partition coefficient (Wildman–Crippen LogP) is 1.03. The number of hydrogen-bond acceptors (Lipinski definition) is 3. The van der Waals surface area contributed by atoms with Gasteiger partial charge in [0.25, 0.3) is 0 Å². The summed E-state index contributed by atoms with van der Waals surface area (Å²) >= 11 is 1.57. The summed E-state index contributed by atoms with van der Waals surface area (Å²) in [6, 6.07) is 0.232. The summed E-state index contributed by atoms with van der Waals surface area (Å²) < 4.78 is 5.27. The summed E-state index contributed by atoms with van der Waals surface area (Å²) in [5.41, 5.74) is 0. The van der Waals surface area contributed by atoms with E-state index in [1.807, 2.05) is 13.2 Å². The number of rotatable bonds is 3. The lowest BCUT2D eigenvalue weighted by Crippen LogP contribution is -2.43. The van der Waals surface area contributed by atoms with Crippen LogP contribution in [0.5, 0.6) is 0 Å². The zero-order chi connectivity index (χ0) is 9.68. The molecule has 1 N–H and O–H groups in total. The smallest absolute Gasteiger partial charge is 0.233 e. The lowest BCUT2D eigenvalue weighted by molar-refractivity contribution is -0.121. The molecule has 4 heteroatoms. The first kappa shape index (κ1) is 10.9. The van der Waals surface area contributed by atoms with Crippen molar-refractivity contribution >= 4 is 17.7 Å². The molecule has 1 saturated heterocycles. The third-order valence-corrected chi connectivity index (χ3v) is 3.15. The van der Waals surface area contributed by atoms with E-state index in [2.05, 4.69) is 5.32 Å². The van der Waals surface area contributed by atoms with Crippen LogP contribution in [-0.2, 0) is 9.53 Å². The molecule has 3 nitrogen and oxygen atoms in total. The van der Waals surface area contributed by atoms with Crippen molar-refractivity contribution in [1.82, 2.24) is 5.32 Å². The Morgan fingerprint density at radius 3 is 3.00 bits per heavy atom. The molecule has 76 valence electrons. The minimum Gasteiger partial charge on any atom is -0.379 e. The van der Waals surface area contributed by atoms with Crippen molar-refractivity contribution in [3.63, 3.8) is 0 Å². The normalized spacial score (nSPS) is 25.2. The maximum Gasteiger partial charge on any atom is 0.233 e. The summed E-state index contributed by atoms with van der Waals surface area (Å²) in [4.78, 5) is 11.5. The highest BCUT2D eigenvalue weighted by Crippen LogP contribution is 2.09. The van der Waals surface area contributed by atoms with E-state index in [-0.39, 0.29) is 17.2 Å². The molecule has 0 spiro atoms. The molecular formula is C9H17NO2S. The molecule has 0 bridgehead atoms. The molecular weight excluding hydrogens is 186 g/mol. The molecule has 0 radical (unpaired) electrons. The molecule has 1 aliphatic rings. The minimum absolute atomic E-state index is 0.0435. The lowest BCUT2D eigenvalue weighted by Gasteiger charge is -2.24. The van der Waals surface area contributed by atoms with Gasteiger partial charge in [0.05, 0.1) is 17.9 Å². The van der Waals surface area contributed by atoms with Crippen LogP contribution in [0.4, 0.5) is 0 Å². The average Bonchev–Trinajstić information content (AvgIpc) is 2.18. The number of ether oxygens (including phenoxy) is 1. The van der Waals surface area contributed by atoms with Gasteiger partial charge in [-0.2, -0.15) is 11.8 Å². The van der Waals surface area contributed by atoms with Crippen LogP contribution in [-0.4, -0.2) is 36.7 Å². The van der Waals surface area contributed by atoms with E-state index in [9.17, 15) is 4.79 Å². The van der Waals surface area contributed by atoms with Crippen LogP contribution >= 0.6 is 11.8 Å². The van der Waals surface area contributed by atoms with E-state index in [0.717, 1.165) is 19.4 Å². The van der Waals surface area contributed by atoms with E-state index < -0.39 is 0 Å². The fourth-order valence-corrected chi connectivity index (χ4v) is 1.56. The fraction of sp³-hybridized carbons (Fsp3) is 0.889. The second kappa shape index (κ2) is 5.50. The van der Waals surface area contributed by atoms with E-state index in [0.29, 0.717) is 6.61 Å². The fourth-order valence-electron chi connectivity index (χ4n) is 1.28. The van der Waals surface area contributed by atoms with Gasteiger partial charge in [0.15, 0.2) is 0 Å². The SMILES string of the molecule is CSC(C)C(=O)N[C@H]1CCCOC1. The van der Waals surface area contributed by atoms with Crippen molar-refractivity contribution in [3.8, 4) is 0 Å². The summed E-state index contributed by atoms with van der Waals surface area (Å²) in [5, 5.41) is 3.03. The molecule has 1 amide bonds. The van der Waals surface area contributed by atoms with E-state index in [4.69, 9.17) is 4.74 Å². The first-order chi connectivity index (χ1) is 6.24. The number of carbonyl (C=O) groups excluding carboxylic acids is 1. The largest absolute Gasteiger partial charge is 0.379 e. The molecule has 0 aromatic rings. The van der Waals surface area contributed by atoms with Crippen LogP contribution in [0.15, 0.2) is 0 Å². The Morgan fingerprint density at radius 2 is 2.46 bits per heavy atom. The summed E-state index contributed by atoms with van der Waals surface area (Å²) in [5.74, 6) is 0.128. The molecule has 13 heavy (non-hydrogen) atoms. The van der Waals surface area contributed by atoms with Gasteiger partial charge in [0.1, 0.15) is 0 Å². The van der Waals surface area contributed by atoms with Crippen molar-refractivity contribution in [1.29, 1.82) is 0 Å². The van der Waals surface area contributed by atoms with Crippen molar-refractivity contribution in [2.24, 2.45) is 0 Å². The lowest BCUT2D eigenvalue weighted by atomic mass is 10.1. The van der Waals surface area contributed by atoms with Gasteiger partial charge in [-0.3, -0.25) is 4.79 Å². The summed E-state index contributed by atoms with van der Waals surface area (Å²) in [7, 11) is 0. The molecule has 1 rings (SSSR count). The standard InChI is InChI=1S/C9H17NO2S/c1-7(13-2)9(11)10-8-4-3-5-12-6-8/h7-8H,3-6H2,1-2H3,(H,10,11)/t7?,8-/m0/s1. The van der Waals surface area contributed by atoms with Crippen molar-refractivity contribution in [2.75, 3.05) is 19.5 Å². The number of nitrogens with one attached hydrogen (secondary N) is 1. The summed E-state index contributed by atoms with van der Waals surface area (Å²) in [6.45, 7) is 3.43. The third kappa shape index (κ3) is 3.56. The van der Waals surface area contributed by atoms with Crippen LogP contribution in [0.2, 0.25) is 0 Å². The van der Waals surface area contributed by atoms with Gasteiger partial charge in [-0.15, -0.1) is 0 Å². The quantitative estimate of drug-likeness (QED) is 0.744. The van der Waals surface area contributed by atoms with Gasteiger partial charge < -0.3 is 10.1 Å². The molecule has 0 aromatic carbocycles. The van der Waals surface area contributed by atoms with Gasteiger partial charge in [-0.05, 0) is 26.0 Å². The van der Waals surface area contributed by atoms with Crippen molar-refractivity contribution < 1.29 is 9.53 Å².